The summed E-state index contributed by atoms with van der Waals surface area (Å²) in [5, 5.41) is 1.01. The van der Waals surface area contributed by atoms with Crippen molar-refractivity contribution >= 4 is 15.4 Å². The lowest BCUT2D eigenvalue weighted by Gasteiger charge is -1.94. The molecule has 0 saturated heterocycles. The van der Waals surface area contributed by atoms with E-state index in [-0.39, 0.29) is 0 Å². The van der Waals surface area contributed by atoms with Crippen LogP contribution in [0.15, 0.2) is 30.3 Å². The van der Waals surface area contributed by atoms with Crippen LogP contribution >= 0.6 is 0 Å². The van der Waals surface area contributed by atoms with Gasteiger partial charge in [0.15, 0.2) is 0 Å². The Bertz CT molecular complexity index is 201. The Morgan fingerprint density at radius 2 is 1.78 bits per heavy atom. The molecule has 0 aromatic heterocycles. The van der Waals surface area contributed by atoms with Crippen LogP contribution in [-0.2, 0) is 0 Å². The summed E-state index contributed by atoms with van der Waals surface area (Å²) in [6, 6.07) is 10.1. The molecule has 0 N–H and O–H groups in total. The van der Waals surface area contributed by atoms with Crippen molar-refractivity contribution in [2.24, 2.45) is 0 Å². The molecule has 0 aliphatic carbocycles. The fourth-order valence-electron chi connectivity index (χ4n) is 0.701. The number of rotatable bonds is 1. The summed E-state index contributed by atoms with van der Waals surface area (Å²) in [6.45, 7) is 5.59. The first kappa shape index (κ1) is 6.30. The molecule has 1 aromatic rings. The largest absolute Gasteiger partial charge is 0.0637 e. The monoisotopic (exact) mass is 133 g/mol. The lowest BCUT2D eigenvalue weighted by Crippen LogP contribution is -1.77. The van der Waals surface area contributed by atoms with E-state index < -0.39 is 0 Å². The molecule has 1 radical (unpaired) electrons. The molecule has 0 spiro atoms. The van der Waals surface area contributed by atoms with E-state index >= 15 is 0 Å². The third-order valence-corrected chi connectivity index (χ3v) is 1.81. The molecule has 0 aliphatic rings. The van der Waals surface area contributed by atoms with Crippen molar-refractivity contribution in [3.63, 3.8) is 0 Å². The van der Waals surface area contributed by atoms with Crippen molar-refractivity contribution in [3.05, 3.63) is 42.5 Å². The van der Waals surface area contributed by atoms with E-state index in [0.717, 1.165) is 15.4 Å². The van der Waals surface area contributed by atoms with E-state index in [4.69, 9.17) is 6.58 Å². The molecular weight excluding hydrogens is 124 g/mol. The molecule has 0 bridgehead atoms. The van der Waals surface area contributed by atoms with Crippen LogP contribution in [0, 0.1) is 6.58 Å². The Balaban J connectivity index is 2.98. The maximum atomic E-state index is 5.59. The summed E-state index contributed by atoms with van der Waals surface area (Å²) < 4.78 is 0. The molecule has 45 valence electrons. The van der Waals surface area contributed by atoms with E-state index in [0.29, 0.717) is 0 Å². The van der Waals surface area contributed by atoms with Crippen LogP contribution in [0.2, 0.25) is 0 Å². The summed E-state index contributed by atoms with van der Waals surface area (Å²) >= 11 is 0. The average molecular weight is 133 g/mol. The highest BCUT2D eigenvalue weighted by Gasteiger charge is 1.86. The summed E-state index contributed by atoms with van der Waals surface area (Å²) in [4.78, 5) is 0. The first-order valence-electron chi connectivity index (χ1n) is 2.95. The third kappa shape index (κ3) is 1.54. The summed E-state index contributed by atoms with van der Waals surface area (Å²) in [5.74, 6) is 0. The highest BCUT2D eigenvalue weighted by atomic mass is 28.1. The van der Waals surface area contributed by atoms with Gasteiger partial charge in [0, 0.05) is 10.2 Å². The first-order chi connectivity index (χ1) is 4.30. The Kier molecular flexibility index (Phi) is 1.85. The minimum atomic E-state index is 0.951. The topological polar surface area (TPSA) is 0 Å². The zero-order valence-corrected chi connectivity index (χ0v) is 7.46. The van der Waals surface area contributed by atoms with Gasteiger partial charge in [0.2, 0.25) is 0 Å². The predicted octanol–water partition coefficient (Wildman–Crippen LogP) is 0.826. The van der Waals surface area contributed by atoms with Gasteiger partial charge in [-0.3, -0.25) is 0 Å². The second-order valence-corrected chi connectivity index (χ2v) is 3.13. The van der Waals surface area contributed by atoms with Crippen LogP contribution < -0.4 is 0 Å². The van der Waals surface area contributed by atoms with Crippen molar-refractivity contribution in [2.75, 3.05) is 0 Å². The lowest BCUT2D eigenvalue weighted by atomic mass is 10.2. The average Bonchev–Trinajstić information content (AvgIpc) is 1.90. The minimum absolute atomic E-state index is 0.951. The molecule has 1 rings (SSSR count). The maximum absolute atomic E-state index is 5.59. The molecule has 1 aromatic carbocycles. The number of benzene rings is 1. The number of hydrogen-bond donors (Lipinski definition) is 0. The van der Waals surface area contributed by atoms with Crippen molar-refractivity contribution < 1.29 is 0 Å². The van der Waals surface area contributed by atoms with Gasteiger partial charge in [0.05, 0.1) is 0 Å². The normalized spacial score (nSPS) is 9.33. The molecule has 0 heterocycles. The van der Waals surface area contributed by atoms with Gasteiger partial charge in [0.1, 0.15) is 0 Å². The van der Waals surface area contributed by atoms with Crippen molar-refractivity contribution in [3.8, 4) is 0 Å². The van der Waals surface area contributed by atoms with Gasteiger partial charge in [0.25, 0.3) is 0 Å². The van der Waals surface area contributed by atoms with E-state index in [9.17, 15) is 0 Å². The summed E-state index contributed by atoms with van der Waals surface area (Å²) in [7, 11) is 0.951. The molecule has 9 heavy (non-hydrogen) atoms. The summed E-state index contributed by atoms with van der Waals surface area (Å²) in [6.07, 6.45) is 0. The zero-order valence-electron chi connectivity index (χ0n) is 5.46. The Hall–Kier alpha value is -0.823. The molecular formula is C8H9Si. The quantitative estimate of drug-likeness (QED) is 0.498. The minimum Gasteiger partial charge on any atom is -0.0637 e. The lowest BCUT2D eigenvalue weighted by molar-refractivity contribution is 1.65. The van der Waals surface area contributed by atoms with Gasteiger partial charge < -0.3 is 0 Å². The van der Waals surface area contributed by atoms with Crippen molar-refractivity contribution in [1.82, 2.24) is 0 Å². The third-order valence-electron chi connectivity index (χ3n) is 1.23. The van der Waals surface area contributed by atoms with Crippen LogP contribution in [0.25, 0.3) is 5.20 Å². The van der Waals surface area contributed by atoms with Crippen LogP contribution in [0.5, 0.6) is 0 Å². The molecule has 0 amide bonds. The maximum Gasteiger partial charge on any atom is 0.0392 e. The van der Waals surface area contributed by atoms with E-state index in [1.54, 1.807) is 0 Å². The van der Waals surface area contributed by atoms with Gasteiger partial charge in [-0.25, -0.2) is 0 Å². The Labute approximate surface area is 58.6 Å². The van der Waals surface area contributed by atoms with Gasteiger partial charge >= 0.3 is 0 Å². The molecule has 0 atom stereocenters. The fraction of sp³-hybridized carbons (Fsp3) is 0. The first-order valence-corrected chi connectivity index (χ1v) is 3.95. The van der Waals surface area contributed by atoms with Crippen molar-refractivity contribution in [1.29, 1.82) is 0 Å². The second kappa shape index (κ2) is 2.64. The van der Waals surface area contributed by atoms with E-state index in [1.165, 1.54) is 5.56 Å². The van der Waals surface area contributed by atoms with Crippen LogP contribution in [0.1, 0.15) is 5.56 Å². The molecule has 0 aliphatic heterocycles. The van der Waals surface area contributed by atoms with E-state index in [1.807, 2.05) is 30.3 Å². The SMILES string of the molecule is [CH]=C([SiH3])c1ccccc1. The highest BCUT2D eigenvalue weighted by molar-refractivity contribution is 6.41. The van der Waals surface area contributed by atoms with Gasteiger partial charge in [-0.1, -0.05) is 42.1 Å². The molecule has 0 saturated carbocycles. The molecule has 0 fully saturated rings. The molecule has 1 heteroatoms. The zero-order chi connectivity index (χ0) is 6.69. The number of hydrogen-bond acceptors (Lipinski definition) is 0. The Morgan fingerprint density at radius 1 is 1.22 bits per heavy atom. The molecule has 0 unspecified atom stereocenters. The molecule has 0 nitrogen and oxygen atoms in total. The second-order valence-electron chi connectivity index (χ2n) is 2.05. The van der Waals surface area contributed by atoms with Crippen LogP contribution in [0.3, 0.4) is 0 Å². The van der Waals surface area contributed by atoms with Crippen molar-refractivity contribution in [2.45, 2.75) is 0 Å². The van der Waals surface area contributed by atoms with Crippen LogP contribution in [0.4, 0.5) is 0 Å². The predicted molar refractivity (Wildman–Crippen MR) is 44.1 cm³/mol. The van der Waals surface area contributed by atoms with Gasteiger partial charge in [-0.15, -0.1) is 0 Å². The smallest absolute Gasteiger partial charge is 0.0392 e. The van der Waals surface area contributed by atoms with Crippen LogP contribution in [-0.4, -0.2) is 10.2 Å². The highest BCUT2D eigenvalue weighted by Crippen LogP contribution is 2.05. The standard InChI is InChI=1S/C8H9Si/c1-7(9)8-5-3-2-4-6-8/h1-6H,9H3. The van der Waals surface area contributed by atoms with Gasteiger partial charge in [-0.05, 0) is 5.56 Å². The van der Waals surface area contributed by atoms with E-state index in [2.05, 4.69) is 0 Å². The van der Waals surface area contributed by atoms with Gasteiger partial charge in [-0.2, -0.15) is 0 Å². The summed E-state index contributed by atoms with van der Waals surface area (Å²) in [5.41, 5.74) is 1.17. The Morgan fingerprint density at radius 3 is 2.11 bits per heavy atom. The fourth-order valence-corrected chi connectivity index (χ4v) is 1.03.